The number of halogens is 1. The molecule has 1 unspecified atom stereocenters. The molecule has 0 heterocycles. The number of hydrogen-bond acceptors (Lipinski definition) is 2. The Balaban J connectivity index is 2.79. The summed E-state index contributed by atoms with van der Waals surface area (Å²) in [6.45, 7) is 2.99. The summed E-state index contributed by atoms with van der Waals surface area (Å²) in [5, 5.41) is -2.48. The van der Waals surface area contributed by atoms with E-state index in [1.54, 1.807) is 0 Å². The van der Waals surface area contributed by atoms with Crippen LogP contribution in [0.2, 0.25) is 0 Å². The van der Waals surface area contributed by atoms with Crippen LogP contribution in [0, 0.1) is 11.8 Å². The van der Waals surface area contributed by atoms with Crippen molar-refractivity contribution >= 4 is 10.1 Å². The lowest BCUT2D eigenvalue weighted by Gasteiger charge is -2.31. The highest BCUT2D eigenvalue weighted by atomic mass is 32.2. The first-order valence-electron chi connectivity index (χ1n) is 5.93. The van der Waals surface area contributed by atoms with Gasteiger partial charge >= 0.3 is 10.1 Å². The molecule has 1 saturated carbocycles. The zero-order valence-corrected chi connectivity index (χ0v) is 10.8. The normalized spacial score (nSPS) is 23.3. The molecule has 0 saturated heterocycles. The monoisotopic (exact) mass is 252 g/mol. The van der Waals surface area contributed by atoms with Crippen molar-refractivity contribution in [3.8, 4) is 0 Å². The Morgan fingerprint density at radius 1 is 1.31 bits per heavy atom. The fourth-order valence-corrected chi connectivity index (χ4v) is 3.47. The quantitative estimate of drug-likeness (QED) is 0.782. The van der Waals surface area contributed by atoms with Gasteiger partial charge in [0.2, 0.25) is 5.00 Å². The molecule has 1 fully saturated rings. The second kappa shape index (κ2) is 5.00. The summed E-state index contributed by atoms with van der Waals surface area (Å²) in [6, 6.07) is 0. The molecule has 16 heavy (non-hydrogen) atoms. The zero-order chi connectivity index (χ0) is 12.4. The Bertz CT molecular complexity index is 320. The molecule has 0 aliphatic heterocycles. The van der Waals surface area contributed by atoms with Gasteiger partial charge in [-0.05, 0) is 5.92 Å². The van der Waals surface area contributed by atoms with Crippen LogP contribution in [0.5, 0.6) is 0 Å². The van der Waals surface area contributed by atoms with Gasteiger partial charge < -0.3 is 0 Å². The summed E-state index contributed by atoms with van der Waals surface area (Å²) in [7, 11) is -4.63. The van der Waals surface area contributed by atoms with Crippen LogP contribution >= 0.6 is 0 Å². The number of rotatable bonds is 4. The van der Waals surface area contributed by atoms with E-state index in [-0.39, 0.29) is 12.3 Å². The van der Waals surface area contributed by atoms with E-state index >= 15 is 0 Å². The smallest absolute Gasteiger partial charge is 0.283 e. The number of alkyl halides is 1. The van der Waals surface area contributed by atoms with Crippen molar-refractivity contribution in [2.75, 3.05) is 0 Å². The Morgan fingerprint density at radius 2 is 1.81 bits per heavy atom. The average molecular weight is 252 g/mol. The Labute approximate surface area is 97.2 Å². The first-order valence-corrected chi connectivity index (χ1v) is 7.37. The molecule has 1 N–H and O–H groups in total. The minimum absolute atomic E-state index is 0.0660. The van der Waals surface area contributed by atoms with Crippen molar-refractivity contribution < 1.29 is 17.4 Å². The predicted molar refractivity (Wildman–Crippen MR) is 61.4 cm³/mol. The molecule has 0 aromatic carbocycles. The van der Waals surface area contributed by atoms with Crippen LogP contribution in [0.15, 0.2) is 0 Å². The van der Waals surface area contributed by atoms with Gasteiger partial charge in [-0.2, -0.15) is 8.42 Å². The van der Waals surface area contributed by atoms with Crippen LogP contribution in [-0.2, 0) is 10.1 Å². The molecule has 5 heteroatoms. The predicted octanol–water partition coefficient (Wildman–Crippen LogP) is 3.17. The second-order valence-corrected chi connectivity index (χ2v) is 6.75. The van der Waals surface area contributed by atoms with E-state index in [2.05, 4.69) is 0 Å². The maximum absolute atomic E-state index is 14.4. The number of hydrogen-bond donors (Lipinski definition) is 1. The third-order valence-corrected chi connectivity index (χ3v) is 5.08. The minimum Gasteiger partial charge on any atom is -0.283 e. The molecule has 0 aromatic heterocycles. The molecule has 0 amide bonds. The summed E-state index contributed by atoms with van der Waals surface area (Å²) in [5.74, 6) is -0.632. The highest BCUT2D eigenvalue weighted by molar-refractivity contribution is 7.87. The molecular weight excluding hydrogens is 231 g/mol. The molecule has 3 nitrogen and oxygen atoms in total. The molecule has 96 valence electrons. The molecule has 1 atom stereocenters. The Kier molecular flexibility index (Phi) is 4.35. The van der Waals surface area contributed by atoms with Crippen molar-refractivity contribution in [3.05, 3.63) is 0 Å². The maximum atomic E-state index is 14.4. The van der Waals surface area contributed by atoms with Crippen molar-refractivity contribution in [1.82, 2.24) is 0 Å². The lowest BCUT2D eigenvalue weighted by atomic mass is 9.83. The molecule has 1 aliphatic rings. The molecule has 0 bridgehead atoms. The van der Waals surface area contributed by atoms with Gasteiger partial charge in [-0.1, -0.05) is 46.0 Å². The topological polar surface area (TPSA) is 54.4 Å². The van der Waals surface area contributed by atoms with E-state index < -0.39 is 21.0 Å². The van der Waals surface area contributed by atoms with E-state index in [9.17, 15) is 12.8 Å². The van der Waals surface area contributed by atoms with E-state index in [1.165, 1.54) is 13.8 Å². The fraction of sp³-hybridized carbons (Fsp3) is 1.00. The summed E-state index contributed by atoms with van der Waals surface area (Å²) in [4.78, 5) is 0. The third kappa shape index (κ3) is 2.94. The largest absolute Gasteiger partial charge is 0.300 e. The summed E-state index contributed by atoms with van der Waals surface area (Å²) in [5.41, 5.74) is 0. The summed E-state index contributed by atoms with van der Waals surface area (Å²) < 4.78 is 45.7. The van der Waals surface area contributed by atoms with E-state index in [1.807, 2.05) is 0 Å². The van der Waals surface area contributed by atoms with Crippen LogP contribution in [0.4, 0.5) is 4.39 Å². The summed E-state index contributed by atoms with van der Waals surface area (Å²) in [6.07, 6.45) is 4.88. The molecule has 0 spiro atoms. The SMILES string of the molecule is CC(C)C(F)(CC1CCCCC1)S(=O)(=O)O. The highest BCUT2D eigenvalue weighted by Gasteiger charge is 2.47. The Morgan fingerprint density at radius 3 is 2.19 bits per heavy atom. The molecule has 0 aromatic rings. The first kappa shape index (κ1) is 13.9. The van der Waals surface area contributed by atoms with E-state index in [4.69, 9.17) is 4.55 Å². The zero-order valence-electron chi connectivity index (χ0n) is 9.95. The van der Waals surface area contributed by atoms with Crippen molar-refractivity contribution in [2.45, 2.75) is 57.4 Å². The van der Waals surface area contributed by atoms with Crippen molar-refractivity contribution in [2.24, 2.45) is 11.8 Å². The molecular formula is C11H21FO3S. The van der Waals surface area contributed by atoms with Crippen LogP contribution < -0.4 is 0 Å². The second-order valence-electron chi connectivity index (χ2n) is 5.12. The van der Waals surface area contributed by atoms with Crippen LogP contribution in [0.25, 0.3) is 0 Å². The van der Waals surface area contributed by atoms with Gasteiger partial charge in [0.15, 0.2) is 0 Å². The molecule has 1 aliphatic carbocycles. The standard InChI is InChI=1S/C11H21FO3S/c1-9(2)11(12,16(13,14)15)8-10-6-4-3-5-7-10/h9-10H,3-8H2,1-2H3,(H,13,14,15). The lowest BCUT2D eigenvalue weighted by Crippen LogP contribution is -2.41. The van der Waals surface area contributed by atoms with Crippen molar-refractivity contribution in [1.29, 1.82) is 0 Å². The van der Waals surface area contributed by atoms with E-state index in [0.717, 1.165) is 32.1 Å². The van der Waals surface area contributed by atoms with Gasteiger partial charge in [0.25, 0.3) is 0 Å². The van der Waals surface area contributed by atoms with Gasteiger partial charge in [-0.25, -0.2) is 4.39 Å². The van der Waals surface area contributed by atoms with Crippen LogP contribution in [0.3, 0.4) is 0 Å². The van der Waals surface area contributed by atoms with Gasteiger partial charge in [0, 0.05) is 12.3 Å². The molecule has 1 rings (SSSR count). The van der Waals surface area contributed by atoms with Gasteiger partial charge in [-0.3, -0.25) is 4.55 Å². The van der Waals surface area contributed by atoms with Gasteiger partial charge in [-0.15, -0.1) is 0 Å². The van der Waals surface area contributed by atoms with Crippen LogP contribution in [0.1, 0.15) is 52.4 Å². The van der Waals surface area contributed by atoms with E-state index in [0.29, 0.717) is 0 Å². The van der Waals surface area contributed by atoms with Crippen LogP contribution in [-0.4, -0.2) is 18.0 Å². The van der Waals surface area contributed by atoms with Crippen molar-refractivity contribution in [3.63, 3.8) is 0 Å². The molecule has 0 radical (unpaired) electrons. The minimum atomic E-state index is -4.63. The first-order chi connectivity index (χ1) is 7.27. The maximum Gasteiger partial charge on any atom is 0.300 e. The van der Waals surface area contributed by atoms with Gasteiger partial charge in [0.05, 0.1) is 0 Å². The fourth-order valence-electron chi connectivity index (χ4n) is 2.42. The average Bonchev–Trinajstić information content (AvgIpc) is 2.17. The third-order valence-electron chi connectivity index (χ3n) is 3.58. The van der Waals surface area contributed by atoms with Gasteiger partial charge in [0.1, 0.15) is 0 Å². The lowest BCUT2D eigenvalue weighted by molar-refractivity contribution is 0.129. The summed E-state index contributed by atoms with van der Waals surface area (Å²) >= 11 is 0. The highest BCUT2D eigenvalue weighted by Crippen LogP contribution is 2.39. The Hall–Kier alpha value is -0.160.